The Balaban J connectivity index is 0.931. The van der Waals surface area contributed by atoms with Gasteiger partial charge in [-0.2, -0.15) is 0 Å². The maximum Gasteiger partial charge on any atom is 0.409 e. The number of hydrogen-bond donors (Lipinski definition) is 0. The largest absolute Gasteiger partial charge is 0.448 e. The fourth-order valence-electron chi connectivity index (χ4n) is 7.26. The van der Waals surface area contributed by atoms with Crippen molar-refractivity contribution in [3.05, 3.63) is 59.7 Å². The Morgan fingerprint density at radius 1 is 0.419 bits per heavy atom. The monoisotopic (exact) mass is 874 g/mol. The molecule has 354 valence electrons. The van der Waals surface area contributed by atoms with Crippen molar-refractivity contribution >= 4 is 6.09 Å². The standard InChI is InChI=1S/C50H83NO11/c1-3-4-5-6-7-8-9-10-11-12-13-14-15-20-26-53-28-30-55-32-34-57-36-38-59-40-42-61-43-41-60-39-37-58-35-33-56-31-29-54-27-25-51(2)50(52)62-44-49-47-23-18-16-21-45(47)46-22-17-19-24-48(46)49/h16-19,21-24,49H,3-15,20,25-44H2,1-2H3. The molecule has 0 atom stereocenters. The molecule has 0 radical (unpaired) electrons. The Hall–Kier alpha value is -2.65. The first kappa shape index (κ1) is 53.7. The summed E-state index contributed by atoms with van der Waals surface area (Å²) in [6, 6.07) is 16.6. The van der Waals surface area contributed by atoms with Crippen molar-refractivity contribution < 1.29 is 52.2 Å². The van der Waals surface area contributed by atoms with Crippen LogP contribution in [-0.2, 0) is 47.4 Å². The number of amides is 1. The lowest BCUT2D eigenvalue weighted by molar-refractivity contribution is -0.0252. The second-order valence-corrected chi connectivity index (χ2v) is 15.8. The van der Waals surface area contributed by atoms with E-state index in [9.17, 15) is 4.79 Å². The van der Waals surface area contributed by atoms with Crippen molar-refractivity contribution in [3.63, 3.8) is 0 Å². The Morgan fingerprint density at radius 3 is 1.10 bits per heavy atom. The highest BCUT2D eigenvalue weighted by Crippen LogP contribution is 2.44. The van der Waals surface area contributed by atoms with Crippen LogP contribution in [0.5, 0.6) is 0 Å². The second-order valence-electron chi connectivity index (χ2n) is 15.8. The van der Waals surface area contributed by atoms with Crippen LogP contribution in [0.15, 0.2) is 48.5 Å². The topological polar surface area (TPSA) is 113 Å². The van der Waals surface area contributed by atoms with E-state index >= 15 is 0 Å². The molecule has 2 aromatic rings. The minimum absolute atomic E-state index is 0.0414. The predicted octanol–water partition coefficient (Wildman–Crippen LogP) is 9.50. The fourth-order valence-corrected chi connectivity index (χ4v) is 7.26. The van der Waals surface area contributed by atoms with Crippen molar-refractivity contribution in [3.8, 4) is 11.1 Å². The minimum Gasteiger partial charge on any atom is -0.448 e. The molecule has 3 rings (SSSR count). The number of unbranched alkanes of at least 4 members (excludes halogenated alkanes) is 13. The fraction of sp³-hybridized carbons (Fsp3) is 0.740. The van der Waals surface area contributed by atoms with Crippen LogP contribution < -0.4 is 0 Å². The zero-order valence-corrected chi connectivity index (χ0v) is 38.7. The smallest absolute Gasteiger partial charge is 0.409 e. The molecule has 0 saturated heterocycles. The molecule has 0 aliphatic heterocycles. The van der Waals surface area contributed by atoms with E-state index in [1.54, 1.807) is 11.9 Å². The van der Waals surface area contributed by atoms with Gasteiger partial charge in [-0.1, -0.05) is 139 Å². The number of benzene rings is 2. The predicted molar refractivity (Wildman–Crippen MR) is 245 cm³/mol. The molecule has 0 aromatic heterocycles. The van der Waals surface area contributed by atoms with Crippen LogP contribution in [0.4, 0.5) is 4.79 Å². The molecule has 12 nitrogen and oxygen atoms in total. The normalized spacial score (nSPS) is 12.2. The van der Waals surface area contributed by atoms with Gasteiger partial charge in [-0.15, -0.1) is 0 Å². The summed E-state index contributed by atoms with van der Waals surface area (Å²) in [5, 5.41) is 0. The number of likely N-dealkylation sites (N-methyl/N-ethyl adjacent to an activating group) is 1. The van der Waals surface area contributed by atoms with Crippen molar-refractivity contribution in [2.75, 3.05) is 139 Å². The van der Waals surface area contributed by atoms with E-state index in [4.69, 9.17) is 47.4 Å². The average Bonchev–Trinajstić information content (AvgIpc) is 3.61. The molecule has 0 fully saturated rings. The molecule has 12 heteroatoms. The molecule has 0 bridgehead atoms. The SMILES string of the molecule is CCCCCCCCCCCCCCCCOCCOCCOCCOCCOCCOCCOCCOCCOCCN(C)C(=O)OCC1c2ccccc2-c2ccccc21. The van der Waals surface area contributed by atoms with E-state index in [0.29, 0.717) is 125 Å². The Morgan fingerprint density at radius 2 is 0.726 bits per heavy atom. The molecule has 0 saturated carbocycles. The summed E-state index contributed by atoms with van der Waals surface area (Å²) in [5.74, 6) is 0.0414. The first-order chi connectivity index (χ1) is 30.7. The number of nitrogens with zero attached hydrogens (tertiary/aromatic N) is 1. The molecule has 0 heterocycles. The number of hydrogen-bond acceptors (Lipinski definition) is 11. The molecule has 2 aromatic carbocycles. The number of rotatable bonds is 44. The van der Waals surface area contributed by atoms with E-state index in [2.05, 4.69) is 31.2 Å². The zero-order valence-electron chi connectivity index (χ0n) is 38.7. The van der Waals surface area contributed by atoms with Crippen molar-refractivity contribution in [2.24, 2.45) is 0 Å². The van der Waals surface area contributed by atoms with Gasteiger partial charge in [0.15, 0.2) is 0 Å². The summed E-state index contributed by atoms with van der Waals surface area (Å²) in [6.07, 6.45) is 18.8. The van der Waals surface area contributed by atoms with Crippen LogP contribution in [-0.4, -0.2) is 150 Å². The highest BCUT2D eigenvalue weighted by molar-refractivity contribution is 5.79. The maximum absolute atomic E-state index is 12.6. The Labute approximate surface area is 374 Å². The summed E-state index contributed by atoms with van der Waals surface area (Å²) in [6.45, 7) is 12.5. The molecule has 1 aliphatic carbocycles. The van der Waals surface area contributed by atoms with Gasteiger partial charge < -0.3 is 52.3 Å². The van der Waals surface area contributed by atoms with E-state index in [-0.39, 0.29) is 12.0 Å². The third-order valence-corrected chi connectivity index (χ3v) is 10.8. The molecular formula is C50H83NO11. The lowest BCUT2D eigenvalue weighted by atomic mass is 9.98. The van der Waals surface area contributed by atoms with Gasteiger partial charge in [0.2, 0.25) is 0 Å². The zero-order chi connectivity index (χ0) is 43.8. The third-order valence-electron chi connectivity index (χ3n) is 10.8. The molecule has 1 aliphatic rings. The van der Waals surface area contributed by atoms with E-state index in [0.717, 1.165) is 13.0 Å². The number of carbonyl (C=O) groups excluding carboxylic acids is 1. The van der Waals surface area contributed by atoms with Gasteiger partial charge in [-0.05, 0) is 28.7 Å². The summed E-state index contributed by atoms with van der Waals surface area (Å²) in [4.78, 5) is 14.2. The summed E-state index contributed by atoms with van der Waals surface area (Å²) in [5.41, 5.74) is 4.81. The van der Waals surface area contributed by atoms with Crippen LogP contribution in [0.25, 0.3) is 11.1 Å². The van der Waals surface area contributed by atoms with Crippen LogP contribution in [0.1, 0.15) is 114 Å². The van der Waals surface area contributed by atoms with Crippen LogP contribution in [0.2, 0.25) is 0 Å². The first-order valence-electron chi connectivity index (χ1n) is 24.0. The lowest BCUT2D eigenvalue weighted by Gasteiger charge is -2.19. The number of fused-ring (bicyclic) bond motifs is 3. The van der Waals surface area contributed by atoms with Crippen molar-refractivity contribution in [1.29, 1.82) is 0 Å². The van der Waals surface area contributed by atoms with Crippen molar-refractivity contribution in [1.82, 2.24) is 4.90 Å². The van der Waals surface area contributed by atoms with Crippen molar-refractivity contribution in [2.45, 2.75) is 103 Å². The first-order valence-corrected chi connectivity index (χ1v) is 24.0. The van der Waals surface area contributed by atoms with Gasteiger partial charge in [0, 0.05) is 26.1 Å². The van der Waals surface area contributed by atoms with Gasteiger partial charge in [-0.3, -0.25) is 0 Å². The summed E-state index contributed by atoms with van der Waals surface area (Å²) >= 11 is 0. The van der Waals surface area contributed by atoms with Gasteiger partial charge in [-0.25, -0.2) is 4.79 Å². The van der Waals surface area contributed by atoms with Gasteiger partial charge in [0.25, 0.3) is 0 Å². The van der Waals surface area contributed by atoms with Crippen LogP contribution in [0, 0.1) is 0 Å². The number of ether oxygens (including phenoxy) is 10. The maximum atomic E-state index is 12.6. The molecular weight excluding hydrogens is 791 g/mol. The quantitative estimate of drug-likeness (QED) is 0.0594. The number of carbonyl (C=O) groups is 1. The average molecular weight is 874 g/mol. The minimum atomic E-state index is -0.359. The molecule has 62 heavy (non-hydrogen) atoms. The lowest BCUT2D eigenvalue weighted by Crippen LogP contribution is -2.32. The molecule has 0 spiro atoms. The summed E-state index contributed by atoms with van der Waals surface area (Å²) < 4.78 is 55.9. The Kier molecular flexibility index (Phi) is 33.6. The molecule has 0 unspecified atom stereocenters. The molecule has 0 N–H and O–H groups in total. The Bertz CT molecular complexity index is 1290. The molecule has 1 amide bonds. The van der Waals surface area contributed by atoms with Crippen LogP contribution in [0.3, 0.4) is 0 Å². The van der Waals surface area contributed by atoms with Gasteiger partial charge in [0.05, 0.1) is 112 Å². The third kappa shape index (κ3) is 26.2. The van der Waals surface area contributed by atoms with Gasteiger partial charge >= 0.3 is 6.09 Å². The van der Waals surface area contributed by atoms with Crippen LogP contribution >= 0.6 is 0 Å². The van der Waals surface area contributed by atoms with E-state index < -0.39 is 0 Å². The van der Waals surface area contributed by atoms with Gasteiger partial charge in [0.1, 0.15) is 6.61 Å². The summed E-state index contributed by atoms with van der Waals surface area (Å²) in [7, 11) is 1.72. The second kappa shape index (κ2) is 38.8. The highest BCUT2D eigenvalue weighted by atomic mass is 16.6. The van der Waals surface area contributed by atoms with E-state index in [1.807, 2.05) is 24.3 Å². The van der Waals surface area contributed by atoms with E-state index in [1.165, 1.54) is 106 Å². The highest BCUT2D eigenvalue weighted by Gasteiger charge is 2.29.